The van der Waals surface area contributed by atoms with Gasteiger partial charge in [0.15, 0.2) is 0 Å². The van der Waals surface area contributed by atoms with Crippen LogP contribution in [0.3, 0.4) is 0 Å². The highest BCUT2D eigenvalue weighted by molar-refractivity contribution is 5.75. The summed E-state index contributed by atoms with van der Waals surface area (Å²) < 4.78 is 5.37. The molecule has 2 nitrogen and oxygen atoms in total. The Morgan fingerprint density at radius 3 is 2.35 bits per heavy atom. The first kappa shape index (κ1) is 12.3. The van der Waals surface area contributed by atoms with E-state index in [1.807, 2.05) is 0 Å². The highest BCUT2D eigenvalue weighted by Gasteiger charge is 2.39. The average molecular weight is 232 g/mol. The topological polar surface area (TPSA) is 26.3 Å². The second-order valence-corrected chi connectivity index (χ2v) is 5.03. The Labute approximate surface area is 103 Å². The Balaban J connectivity index is 2.13. The smallest absolute Gasteiger partial charge is 0.129 e. The van der Waals surface area contributed by atoms with Crippen LogP contribution in [0.2, 0.25) is 0 Å². The number of benzene rings is 1. The summed E-state index contributed by atoms with van der Waals surface area (Å²) in [5.74, 6) is 0.265. The van der Waals surface area contributed by atoms with E-state index in [2.05, 4.69) is 31.2 Å². The lowest BCUT2D eigenvalue weighted by Crippen LogP contribution is -2.46. The number of hydrogen-bond acceptors (Lipinski definition) is 2. The molecule has 0 saturated carbocycles. The van der Waals surface area contributed by atoms with Gasteiger partial charge in [0.25, 0.3) is 0 Å². The minimum atomic E-state index is 0.0952. The molecule has 0 N–H and O–H groups in total. The van der Waals surface area contributed by atoms with Crippen LogP contribution in [0.5, 0.6) is 0 Å². The van der Waals surface area contributed by atoms with E-state index < -0.39 is 0 Å². The van der Waals surface area contributed by atoms with E-state index in [4.69, 9.17) is 4.74 Å². The normalized spacial score (nSPS) is 17.5. The van der Waals surface area contributed by atoms with Crippen molar-refractivity contribution < 1.29 is 9.53 Å². The predicted molar refractivity (Wildman–Crippen MR) is 68.2 cm³/mol. The van der Waals surface area contributed by atoms with Gasteiger partial charge in [-0.05, 0) is 30.9 Å². The summed E-state index contributed by atoms with van der Waals surface area (Å²) in [6, 6.07) is 8.76. The molecule has 0 aliphatic carbocycles. The van der Waals surface area contributed by atoms with Crippen LogP contribution in [0.15, 0.2) is 24.3 Å². The first-order valence-electron chi connectivity index (χ1n) is 6.33. The Hall–Kier alpha value is -1.15. The van der Waals surface area contributed by atoms with Crippen molar-refractivity contribution in [2.24, 2.45) is 0 Å². The Kier molecular flexibility index (Phi) is 3.63. The van der Waals surface area contributed by atoms with Gasteiger partial charge in [0, 0.05) is 11.8 Å². The fraction of sp³-hybridized carbons (Fsp3) is 0.533. The molecule has 1 aliphatic heterocycles. The molecule has 0 amide bonds. The van der Waals surface area contributed by atoms with Gasteiger partial charge >= 0.3 is 0 Å². The maximum Gasteiger partial charge on any atom is 0.129 e. The SMILES string of the molecule is CCc1ccc(C2(CCC(C)=O)COC2)cc1. The molecule has 1 aliphatic rings. The molecule has 2 heteroatoms. The maximum absolute atomic E-state index is 11.1. The molecule has 0 bridgehead atoms. The molecule has 1 saturated heterocycles. The minimum absolute atomic E-state index is 0.0952. The van der Waals surface area contributed by atoms with Gasteiger partial charge in [-0.25, -0.2) is 0 Å². The molecular formula is C15H20O2. The fourth-order valence-electron chi connectivity index (χ4n) is 2.31. The van der Waals surface area contributed by atoms with Gasteiger partial charge in [0.2, 0.25) is 0 Å². The monoisotopic (exact) mass is 232 g/mol. The van der Waals surface area contributed by atoms with Gasteiger partial charge in [0.1, 0.15) is 5.78 Å². The molecule has 0 aromatic heterocycles. The summed E-state index contributed by atoms with van der Waals surface area (Å²) >= 11 is 0. The first-order valence-corrected chi connectivity index (χ1v) is 6.33. The fourth-order valence-corrected chi connectivity index (χ4v) is 2.31. The lowest BCUT2D eigenvalue weighted by atomic mass is 9.74. The highest BCUT2D eigenvalue weighted by Crippen LogP contribution is 2.37. The quantitative estimate of drug-likeness (QED) is 0.780. The zero-order valence-corrected chi connectivity index (χ0v) is 10.7. The zero-order valence-electron chi connectivity index (χ0n) is 10.7. The van der Waals surface area contributed by atoms with Crippen molar-refractivity contribution in [1.29, 1.82) is 0 Å². The molecule has 1 aromatic rings. The molecule has 0 atom stereocenters. The van der Waals surface area contributed by atoms with E-state index in [0.717, 1.165) is 26.1 Å². The van der Waals surface area contributed by atoms with Gasteiger partial charge in [0.05, 0.1) is 13.2 Å². The Bertz CT molecular complexity index is 388. The summed E-state index contributed by atoms with van der Waals surface area (Å²) in [4.78, 5) is 11.1. The third kappa shape index (κ3) is 2.58. The van der Waals surface area contributed by atoms with Crippen molar-refractivity contribution in [2.75, 3.05) is 13.2 Å². The minimum Gasteiger partial charge on any atom is -0.379 e. The Morgan fingerprint density at radius 2 is 1.94 bits per heavy atom. The van der Waals surface area contributed by atoms with Crippen LogP contribution in [-0.4, -0.2) is 19.0 Å². The van der Waals surface area contributed by atoms with Crippen LogP contribution in [0.1, 0.15) is 37.8 Å². The van der Waals surface area contributed by atoms with Crippen LogP contribution in [0.4, 0.5) is 0 Å². The number of Topliss-reactive ketones (excluding diaryl/α,β-unsaturated/α-hetero) is 1. The first-order chi connectivity index (χ1) is 8.16. The molecule has 1 heterocycles. The largest absolute Gasteiger partial charge is 0.379 e. The van der Waals surface area contributed by atoms with Gasteiger partial charge in [-0.3, -0.25) is 0 Å². The van der Waals surface area contributed by atoms with E-state index in [-0.39, 0.29) is 11.2 Å². The number of ketones is 1. The van der Waals surface area contributed by atoms with E-state index in [1.165, 1.54) is 11.1 Å². The zero-order chi connectivity index (χ0) is 12.3. The van der Waals surface area contributed by atoms with E-state index in [1.54, 1.807) is 6.92 Å². The van der Waals surface area contributed by atoms with Gasteiger partial charge < -0.3 is 9.53 Å². The van der Waals surface area contributed by atoms with Crippen molar-refractivity contribution in [1.82, 2.24) is 0 Å². The number of hydrogen-bond donors (Lipinski definition) is 0. The molecule has 1 fully saturated rings. The summed E-state index contributed by atoms with van der Waals surface area (Å²) in [6.07, 6.45) is 2.63. The average Bonchev–Trinajstić information content (AvgIpc) is 2.28. The summed E-state index contributed by atoms with van der Waals surface area (Å²) in [6.45, 7) is 5.33. The van der Waals surface area contributed by atoms with Crippen molar-refractivity contribution in [3.05, 3.63) is 35.4 Å². The maximum atomic E-state index is 11.1. The molecule has 0 unspecified atom stereocenters. The van der Waals surface area contributed by atoms with Crippen molar-refractivity contribution >= 4 is 5.78 Å². The third-order valence-corrected chi connectivity index (χ3v) is 3.69. The van der Waals surface area contributed by atoms with Crippen molar-refractivity contribution in [2.45, 2.75) is 38.5 Å². The summed E-state index contributed by atoms with van der Waals surface area (Å²) in [5.41, 5.74) is 2.77. The van der Waals surface area contributed by atoms with Crippen LogP contribution in [0, 0.1) is 0 Å². The second kappa shape index (κ2) is 5.01. The summed E-state index contributed by atoms with van der Waals surface area (Å²) in [5, 5.41) is 0. The molecular weight excluding hydrogens is 212 g/mol. The molecule has 0 spiro atoms. The second-order valence-electron chi connectivity index (χ2n) is 5.03. The van der Waals surface area contributed by atoms with Crippen LogP contribution < -0.4 is 0 Å². The molecule has 17 heavy (non-hydrogen) atoms. The van der Waals surface area contributed by atoms with Crippen LogP contribution in [0.25, 0.3) is 0 Å². The molecule has 2 rings (SSSR count). The lowest BCUT2D eigenvalue weighted by Gasteiger charge is -2.42. The summed E-state index contributed by atoms with van der Waals surface area (Å²) in [7, 11) is 0. The predicted octanol–water partition coefficient (Wildman–Crippen LogP) is 2.89. The standard InChI is InChI=1S/C15H20O2/c1-3-13-4-6-14(7-5-13)15(10-17-11-15)9-8-12(2)16/h4-7H,3,8-11H2,1-2H3. The van der Waals surface area contributed by atoms with E-state index in [0.29, 0.717) is 6.42 Å². The molecule has 1 aromatic carbocycles. The lowest BCUT2D eigenvalue weighted by molar-refractivity contribution is -0.119. The van der Waals surface area contributed by atoms with Crippen LogP contribution >= 0.6 is 0 Å². The Morgan fingerprint density at radius 1 is 1.29 bits per heavy atom. The number of carbonyl (C=O) groups excluding carboxylic acids is 1. The van der Waals surface area contributed by atoms with Gasteiger partial charge in [-0.1, -0.05) is 31.2 Å². The number of aryl methyl sites for hydroxylation is 1. The van der Waals surface area contributed by atoms with Gasteiger partial charge in [-0.2, -0.15) is 0 Å². The highest BCUT2D eigenvalue weighted by atomic mass is 16.5. The number of rotatable bonds is 5. The van der Waals surface area contributed by atoms with Crippen molar-refractivity contribution in [3.8, 4) is 0 Å². The molecule has 0 radical (unpaired) electrons. The van der Waals surface area contributed by atoms with E-state index in [9.17, 15) is 4.79 Å². The van der Waals surface area contributed by atoms with Crippen LogP contribution in [-0.2, 0) is 21.4 Å². The number of carbonyl (C=O) groups is 1. The number of ether oxygens (including phenoxy) is 1. The van der Waals surface area contributed by atoms with Gasteiger partial charge in [-0.15, -0.1) is 0 Å². The van der Waals surface area contributed by atoms with E-state index >= 15 is 0 Å². The van der Waals surface area contributed by atoms with Crippen molar-refractivity contribution in [3.63, 3.8) is 0 Å². The third-order valence-electron chi connectivity index (χ3n) is 3.69. The molecule has 92 valence electrons.